The van der Waals surface area contributed by atoms with Crippen LogP contribution < -0.4 is 10.6 Å². The summed E-state index contributed by atoms with van der Waals surface area (Å²) in [7, 11) is 2.00. The van der Waals surface area contributed by atoms with Crippen LogP contribution in [0.4, 0.5) is 5.69 Å². The van der Waals surface area contributed by atoms with Crippen molar-refractivity contribution >= 4 is 11.6 Å². The van der Waals surface area contributed by atoms with Crippen molar-refractivity contribution in [3.05, 3.63) is 47.5 Å². The van der Waals surface area contributed by atoms with Crippen LogP contribution in [0.3, 0.4) is 0 Å². The highest BCUT2D eigenvalue weighted by Crippen LogP contribution is 2.23. The fourth-order valence-electron chi connectivity index (χ4n) is 3.45. The monoisotopic (exact) mass is 341 g/mol. The van der Waals surface area contributed by atoms with E-state index in [1.54, 1.807) is 0 Å². The molecule has 0 saturated carbocycles. The normalized spacial score (nSPS) is 18.3. The van der Waals surface area contributed by atoms with E-state index in [0.29, 0.717) is 6.54 Å². The van der Waals surface area contributed by atoms with E-state index in [9.17, 15) is 4.79 Å². The highest BCUT2D eigenvalue weighted by Gasteiger charge is 2.28. The van der Waals surface area contributed by atoms with Gasteiger partial charge in [-0.05, 0) is 24.5 Å². The highest BCUT2D eigenvalue weighted by atomic mass is 16.2. The molecule has 0 spiro atoms. The third-order valence-corrected chi connectivity index (χ3v) is 4.86. The van der Waals surface area contributed by atoms with E-state index >= 15 is 0 Å². The van der Waals surface area contributed by atoms with Crippen molar-refractivity contribution in [3.63, 3.8) is 0 Å². The summed E-state index contributed by atoms with van der Waals surface area (Å²) in [6, 6.07) is 6.26. The second kappa shape index (κ2) is 7.80. The minimum Gasteiger partial charge on any atom is -0.337 e. The maximum absolute atomic E-state index is 12.7. The number of aromatic nitrogens is 2. The van der Waals surface area contributed by atoms with Crippen LogP contribution in [-0.4, -0.2) is 46.5 Å². The number of hydrogen-bond donors (Lipinski definition) is 2. The molecular weight excluding hydrogens is 314 g/mol. The summed E-state index contributed by atoms with van der Waals surface area (Å²) in [5, 5.41) is 6.53. The van der Waals surface area contributed by atoms with Gasteiger partial charge in [-0.15, -0.1) is 0 Å². The summed E-state index contributed by atoms with van der Waals surface area (Å²) < 4.78 is 2.03. The second-order valence-corrected chi connectivity index (χ2v) is 6.60. The Kier molecular flexibility index (Phi) is 5.50. The minimum atomic E-state index is 0.0325. The number of anilines is 1. The van der Waals surface area contributed by atoms with Crippen molar-refractivity contribution in [2.75, 3.05) is 31.5 Å². The molecule has 1 amide bonds. The topological polar surface area (TPSA) is 62.2 Å². The average Bonchev–Trinajstić information content (AvgIpc) is 3.03. The molecule has 3 rings (SSSR count). The molecule has 1 unspecified atom stereocenters. The zero-order valence-electron chi connectivity index (χ0n) is 15.2. The molecule has 2 N–H and O–H groups in total. The van der Waals surface area contributed by atoms with Crippen molar-refractivity contribution in [2.45, 2.75) is 26.3 Å². The summed E-state index contributed by atoms with van der Waals surface area (Å²) in [5.41, 5.74) is 3.24. The number of para-hydroxylation sites is 1. The average molecular weight is 341 g/mol. The first kappa shape index (κ1) is 17.6. The van der Waals surface area contributed by atoms with Crippen LogP contribution in [0.15, 0.2) is 30.6 Å². The van der Waals surface area contributed by atoms with Gasteiger partial charge in [-0.2, -0.15) is 0 Å². The lowest BCUT2D eigenvalue weighted by Crippen LogP contribution is -2.49. The Morgan fingerprint density at radius 2 is 2.28 bits per heavy atom. The number of nitrogens with zero attached hydrogens (tertiary/aromatic N) is 3. The third kappa shape index (κ3) is 3.91. The maximum Gasteiger partial charge on any atom is 0.238 e. The van der Waals surface area contributed by atoms with Gasteiger partial charge in [-0.3, -0.25) is 9.69 Å². The smallest absolute Gasteiger partial charge is 0.238 e. The summed E-state index contributed by atoms with van der Waals surface area (Å²) in [6.07, 6.45) is 4.66. The lowest BCUT2D eigenvalue weighted by Gasteiger charge is -2.35. The Morgan fingerprint density at radius 3 is 3.00 bits per heavy atom. The fourth-order valence-corrected chi connectivity index (χ4v) is 3.45. The van der Waals surface area contributed by atoms with Gasteiger partial charge in [0.05, 0.1) is 12.6 Å². The van der Waals surface area contributed by atoms with E-state index < -0.39 is 0 Å². The van der Waals surface area contributed by atoms with Crippen molar-refractivity contribution in [1.82, 2.24) is 19.8 Å². The predicted octanol–water partition coefficient (Wildman–Crippen LogP) is 1.88. The highest BCUT2D eigenvalue weighted by molar-refractivity contribution is 5.93. The number of benzene rings is 1. The van der Waals surface area contributed by atoms with Crippen LogP contribution in [0.1, 0.15) is 29.9 Å². The fraction of sp³-hybridized carbons (Fsp3) is 0.474. The molecule has 1 aromatic carbocycles. The van der Waals surface area contributed by atoms with Gasteiger partial charge in [0.15, 0.2) is 0 Å². The van der Waals surface area contributed by atoms with E-state index in [-0.39, 0.29) is 11.9 Å². The van der Waals surface area contributed by atoms with Gasteiger partial charge in [0.2, 0.25) is 5.91 Å². The van der Waals surface area contributed by atoms with Crippen LogP contribution in [0.5, 0.6) is 0 Å². The largest absolute Gasteiger partial charge is 0.337 e. The molecule has 0 bridgehead atoms. The molecule has 1 fully saturated rings. The van der Waals surface area contributed by atoms with E-state index in [1.807, 2.05) is 43.1 Å². The molecule has 0 aliphatic carbocycles. The van der Waals surface area contributed by atoms with Gasteiger partial charge in [-0.25, -0.2) is 4.98 Å². The van der Waals surface area contributed by atoms with E-state index in [0.717, 1.165) is 43.1 Å². The van der Waals surface area contributed by atoms with Gasteiger partial charge in [0.25, 0.3) is 0 Å². The first-order valence-electron chi connectivity index (χ1n) is 8.90. The number of piperazine rings is 1. The molecule has 1 aliphatic rings. The van der Waals surface area contributed by atoms with Gasteiger partial charge in [0.1, 0.15) is 5.82 Å². The standard InChI is InChI=1S/C19H27N5O/c1-4-15-7-5-6-14(2)18(15)22-17(25)13-24-11-8-20-12-16(24)19-21-9-10-23(19)3/h5-7,9-10,16,20H,4,8,11-13H2,1-3H3,(H,22,25). The molecule has 134 valence electrons. The summed E-state index contributed by atoms with van der Waals surface area (Å²) in [4.78, 5) is 19.4. The Balaban J connectivity index is 1.72. The van der Waals surface area contributed by atoms with E-state index in [2.05, 4.69) is 33.5 Å². The Morgan fingerprint density at radius 1 is 1.44 bits per heavy atom. The maximum atomic E-state index is 12.7. The third-order valence-electron chi connectivity index (χ3n) is 4.86. The quantitative estimate of drug-likeness (QED) is 0.872. The second-order valence-electron chi connectivity index (χ2n) is 6.60. The summed E-state index contributed by atoms with van der Waals surface area (Å²) >= 11 is 0. The van der Waals surface area contributed by atoms with Crippen molar-refractivity contribution in [3.8, 4) is 0 Å². The molecule has 2 heterocycles. The summed E-state index contributed by atoms with van der Waals surface area (Å²) in [5.74, 6) is 1.02. The van der Waals surface area contributed by atoms with Crippen LogP contribution in [0.2, 0.25) is 0 Å². The molecule has 25 heavy (non-hydrogen) atoms. The Hall–Kier alpha value is -2.18. The molecule has 2 aromatic rings. The van der Waals surface area contributed by atoms with Crippen LogP contribution in [0.25, 0.3) is 0 Å². The van der Waals surface area contributed by atoms with E-state index in [4.69, 9.17) is 0 Å². The van der Waals surface area contributed by atoms with Crippen molar-refractivity contribution < 1.29 is 4.79 Å². The molecule has 1 aromatic heterocycles. The molecule has 1 aliphatic heterocycles. The SMILES string of the molecule is CCc1cccc(C)c1NC(=O)CN1CCNCC1c1nccn1C. The first-order chi connectivity index (χ1) is 12.1. The summed E-state index contributed by atoms with van der Waals surface area (Å²) in [6.45, 7) is 7.05. The molecule has 0 radical (unpaired) electrons. The zero-order valence-corrected chi connectivity index (χ0v) is 15.2. The van der Waals surface area contributed by atoms with Crippen molar-refractivity contribution in [2.24, 2.45) is 7.05 Å². The van der Waals surface area contributed by atoms with E-state index in [1.165, 1.54) is 5.56 Å². The minimum absolute atomic E-state index is 0.0325. The number of carbonyl (C=O) groups is 1. The van der Waals surface area contributed by atoms with Crippen LogP contribution in [0, 0.1) is 6.92 Å². The number of carbonyl (C=O) groups excluding carboxylic acids is 1. The van der Waals surface area contributed by atoms with Gasteiger partial charge < -0.3 is 15.2 Å². The number of nitrogens with one attached hydrogen (secondary N) is 2. The molecule has 6 nitrogen and oxygen atoms in total. The lowest BCUT2D eigenvalue weighted by molar-refractivity contribution is -0.118. The molecule has 6 heteroatoms. The lowest BCUT2D eigenvalue weighted by atomic mass is 10.1. The number of rotatable bonds is 5. The van der Waals surface area contributed by atoms with Crippen LogP contribution >= 0.6 is 0 Å². The Bertz CT molecular complexity index is 739. The number of hydrogen-bond acceptors (Lipinski definition) is 4. The van der Waals surface area contributed by atoms with Gasteiger partial charge >= 0.3 is 0 Å². The zero-order chi connectivity index (χ0) is 17.8. The Labute approximate surface area is 149 Å². The van der Waals surface area contributed by atoms with Crippen molar-refractivity contribution in [1.29, 1.82) is 0 Å². The number of aryl methyl sites for hydroxylation is 3. The van der Waals surface area contributed by atoms with Gasteiger partial charge in [-0.1, -0.05) is 25.1 Å². The van der Waals surface area contributed by atoms with Crippen LogP contribution in [-0.2, 0) is 18.3 Å². The predicted molar refractivity (Wildman–Crippen MR) is 99.6 cm³/mol. The number of amides is 1. The number of imidazole rings is 1. The molecular formula is C19H27N5O. The van der Waals surface area contributed by atoms with Gasteiger partial charge in [0, 0.05) is 44.8 Å². The molecule has 1 saturated heterocycles. The molecule has 1 atom stereocenters. The first-order valence-corrected chi connectivity index (χ1v) is 8.90.